The Hall–Kier alpha value is -2.14. The van der Waals surface area contributed by atoms with Gasteiger partial charge in [-0.15, -0.1) is 0 Å². The van der Waals surface area contributed by atoms with Crippen LogP contribution in [0.2, 0.25) is 5.02 Å². The van der Waals surface area contributed by atoms with Gasteiger partial charge in [0.15, 0.2) is 0 Å². The summed E-state index contributed by atoms with van der Waals surface area (Å²) >= 11 is 5.83. The first-order chi connectivity index (χ1) is 11.1. The van der Waals surface area contributed by atoms with Gasteiger partial charge in [0, 0.05) is 35.4 Å². The number of halogens is 1. The van der Waals surface area contributed by atoms with E-state index < -0.39 is 0 Å². The number of anilines is 1. The zero-order valence-electron chi connectivity index (χ0n) is 13.1. The summed E-state index contributed by atoms with van der Waals surface area (Å²) in [6.07, 6.45) is 2.40. The SMILES string of the molecule is Cc1cc(N2CCCC2)nc(CNC(=O)c2ccc(Cl)cc2)n1. The largest absolute Gasteiger partial charge is 0.357 e. The molecule has 5 nitrogen and oxygen atoms in total. The number of hydrogen-bond donors (Lipinski definition) is 1. The molecular formula is C17H19ClN4O. The topological polar surface area (TPSA) is 58.1 Å². The maximum atomic E-state index is 12.1. The maximum absolute atomic E-state index is 12.1. The van der Waals surface area contributed by atoms with Gasteiger partial charge in [-0.05, 0) is 44.0 Å². The zero-order valence-corrected chi connectivity index (χ0v) is 13.8. The molecule has 1 aliphatic heterocycles. The molecule has 0 atom stereocenters. The highest BCUT2D eigenvalue weighted by atomic mass is 35.5. The molecule has 2 aromatic rings. The molecule has 0 bridgehead atoms. The number of amides is 1. The number of rotatable bonds is 4. The molecule has 0 aliphatic carbocycles. The number of benzene rings is 1. The van der Waals surface area contributed by atoms with E-state index in [-0.39, 0.29) is 5.91 Å². The Balaban J connectivity index is 1.67. The van der Waals surface area contributed by atoms with Crippen LogP contribution in [0, 0.1) is 6.92 Å². The Kier molecular flexibility index (Phi) is 4.76. The van der Waals surface area contributed by atoms with Crippen molar-refractivity contribution in [3.05, 3.63) is 52.4 Å². The lowest BCUT2D eigenvalue weighted by molar-refractivity contribution is 0.0950. The molecule has 1 fully saturated rings. The number of aromatic nitrogens is 2. The van der Waals surface area contributed by atoms with E-state index in [1.54, 1.807) is 24.3 Å². The second kappa shape index (κ2) is 6.96. The van der Waals surface area contributed by atoms with Crippen LogP contribution in [0.3, 0.4) is 0 Å². The minimum absolute atomic E-state index is 0.158. The second-order valence-electron chi connectivity index (χ2n) is 5.67. The lowest BCUT2D eigenvalue weighted by atomic mass is 10.2. The van der Waals surface area contributed by atoms with Gasteiger partial charge in [0.05, 0.1) is 6.54 Å². The molecule has 1 saturated heterocycles. The van der Waals surface area contributed by atoms with E-state index in [0.717, 1.165) is 24.6 Å². The van der Waals surface area contributed by atoms with Gasteiger partial charge in [0.2, 0.25) is 0 Å². The zero-order chi connectivity index (χ0) is 16.2. The van der Waals surface area contributed by atoms with E-state index in [1.807, 2.05) is 13.0 Å². The van der Waals surface area contributed by atoms with E-state index in [0.29, 0.717) is 23.0 Å². The molecule has 6 heteroatoms. The fourth-order valence-electron chi connectivity index (χ4n) is 2.66. The third-order valence-electron chi connectivity index (χ3n) is 3.83. The molecule has 1 aliphatic rings. The van der Waals surface area contributed by atoms with Gasteiger partial charge < -0.3 is 10.2 Å². The van der Waals surface area contributed by atoms with Gasteiger partial charge in [-0.1, -0.05) is 11.6 Å². The highest BCUT2D eigenvalue weighted by Gasteiger charge is 2.15. The minimum atomic E-state index is -0.158. The summed E-state index contributed by atoms with van der Waals surface area (Å²) in [5.41, 5.74) is 1.49. The Bertz CT molecular complexity index is 696. The van der Waals surface area contributed by atoms with E-state index in [1.165, 1.54) is 12.8 Å². The molecule has 2 heterocycles. The highest BCUT2D eigenvalue weighted by molar-refractivity contribution is 6.30. The van der Waals surface area contributed by atoms with Crippen LogP contribution >= 0.6 is 11.6 Å². The first-order valence-corrected chi connectivity index (χ1v) is 8.13. The molecule has 1 aromatic heterocycles. The van der Waals surface area contributed by atoms with Crippen molar-refractivity contribution < 1.29 is 4.79 Å². The van der Waals surface area contributed by atoms with Gasteiger partial charge >= 0.3 is 0 Å². The molecule has 23 heavy (non-hydrogen) atoms. The molecule has 0 unspecified atom stereocenters. The van der Waals surface area contributed by atoms with Crippen LogP contribution < -0.4 is 10.2 Å². The second-order valence-corrected chi connectivity index (χ2v) is 6.10. The molecule has 1 N–H and O–H groups in total. The minimum Gasteiger partial charge on any atom is -0.357 e. The van der Waals surface area contributed by atoms with Gasteiger partial charge in [0.1, 0.15) is 11.6 Å². The van der Waals surface area contributed by atoms with Crippen molar-refractivity contribution in [1.82, 2.24) is 15.3 Å². The number of nitrogens with zero attached hydrogens (tertiary/aromatic N) is 3. The summed E-state index contributed by atoms with van der Waals surface area (Å²) in [7, 11) is 0. The fraction of sp³-hybridized carbons (Fsp3) is 0.353. The average Bonchev–Trinajstić information content (AvgIpc) is 3.07. The van der Waals surface area contributed by atoms with Crippen molar-refractivity contribution in [2.24, 2.45) is 0 Å². The predicted molar refractivity (Wildman–Crippen MR) is 90.8 cm³/mol. The highest BCUT2D eigenvalue weighted by Crippen LogP contribution is 2.18. The lowest BCUT2D eigenvalue weighted by Gasteiger charge is -2.17. The van der Waals surface area contributed by atoms with Crippen LogP contribution in [-0.2, 0) is 6.54 Å². The molecular weight excluding hydrogens is 312 g/mol. The van der Waals surface area contributed by atoms with Gasteiger partial charge in [-0.2, -0.15) is 0 Å². The molecule has 120 valence electrons. The van der Waals surface area contributed by atoms with Crippen molar-refractivity contribution in [1.29, 1.82) is 0 Å². The number of carbonyl (C=O) groups excluding carboxylic acids is 1. The van der Waals surface area contributed by atoms with Crippen molar-refractivity contribution in [2.75, 3.05) is 18.0 Å². The molecule has 0 radical (unpaired) electrons. The number of nitrogens with one attached hydrogen (secondary N) is 1. The standard InChI is InChI=1S/C17H19ClN4O/c1-12-10-16(22-8-2-3-9-22)21-15(20-12)11-19-17(23)13-4-6-14(18)7-5-13/h4-7,10H,2-3,8-9,11H2,1H3,(H,19,23). The average molecular weight is 331 g/mol. The van der Waals surface area contributed by atoms with Crippen LogP contribution in [0.15, 0.2) is 30.3 Å². The number of aryl methyl sites for hydroxylation is 1. The van der Waals surface area contributed by atoms with Crippen LogP contribution in [0.5, 0.6) is 0 Å². The van der Waals surface area contributed by atoms with E-state index in [2.05, 4.69) is 20.2 Å². The summed E-state index contributed by atoms with van der Waals surface area (Å²) in [5.74, 6) is 1.43. The Morgan fingerprint density at radius 2 is 1.91 bits per heavy atom. The Morgan fingerprint density at radius 1 is 1.22 bits per heavy atom. The number of hydrogen-bond acceptors (Lipinski definition) is 4. The monoisotopic (exact) mass is 330 g/mol. The molecule has 0 saturated carbocycles. The van der Waals surface area contributed by atoms with E-state index in [9.17, 15) is 4.79 Å². The number of carbonyl (C=O) groups is 1. The summed E-state index contributed by atoms with van der Waals surface area (Å²) in [6, 6.07) is 8.79. The van der Waals surface area contributed by atoms with Gasteiger partial charge in [-0.3, -0.25) is 4.79 Å². The van der Waals surface area contributed by atoms with Crippen molar-refractivity contribution in [3.8, 4) is 0 Å². The van der Waals surface area contributed by atoms with Crippen LogP contribution in [-0.4, -0.2) is 29.0 Å². The quantitative estimate of drug-likeness (QED) is 0.936. The van der Waals surface area contributed by atoms with E-state index in [4.69, 9.17) is 11.6 Å². The summed E-state index contributed by atoms with van der Waals surface area (Å²) in [5, 5.41) is 3.46. The van der Waals surface area contributed by atoms with Crippen molar-refractivity contribution in [2.45, 2.75) is 26.3 Å². The van der Waals surface area contributed by atoms with E-state index >= 15 is 0 Å². The van der Waals surface area contributed by atoms with Crippen LogP contribution in [0.25, 0.3) is 0 Å². The van der Waals surface area contributed by atoms with Crippen LogP contribution in [0.4, 0.5) is 5.82 Å². The molecule has 0 spiro atoms. The van der Waals surface area contributed by atoms with Crippen molar-refractivity contribution in [3.63, 3.8) is 0 Å². The fourth-order valence-corrected chi connectivity index (χ4v) is 2.79. The van der Waals surface area contributed by atoms with Crippen molar-refractivity contribution >= 4 is 23.3 Å². The Morgan fingerprint density at radius 3 is 2.61 bits per heavy atom. The first kappa shape index (κ1) is 15.7. The van der Waals surface area contributed by atoms with Gasteiger partial charge in [-0.25, -0.2) is 9.97 Å². The first-order valence-electron chi connectivity index (χ1n) is 7.75. The smallest absolute Gasteiger partial charge is 0.251 e. The normalized spacial score (nSPS) is 14.1. The third kappa shape index (κ3) is 3.99. The maximum Gasteiger partial charge on any atom is 0.251 e. The molecule has 1 amide bonds. The summed E-state index contributed by atoms with van der Waals surface area (Å²) in [4.78, 5) is 23.4. The predicted octanol–water partition coefficient (Wildman–Crippen LogP) is 2.97. The summed E-state index contributed by atoms with van der Waals surface area (Å²) < 4.78 is 0. The Labute approximate surface area is 140 Å². The molecule has 3 rings (SSSR count). The van der Waals surface area contributed by atoms with Crippen LogP contribution in [0.1, 0.15) is 34.7 Å². The molecule has 1 aromatic carbocycles. The third-order valence-corrected chi connectivity index (χ3v) is 4.08. The lowest BCUT2D eigenvalue weighted by Crippen LogP contribution is -2.25. The summed E-state index contributed by atoms with van der Waals surface area (Å²) in [6.45, 7) is 4.33. The van der Waals surface area contributed by atoms with Gasteiger partial charge in [0.25, 0.3) is 5.91 Å².